The Labute approximate surface area is 148 Å². The van der Waals surface area contributed by atoms with Crippen LogP contribution in [0.3, 0.4) is 0 Å². The molecule has 2 atom stereocenters. The van der Waals surface area contributed by atoms with Crippen LogP contribution in [0.4, 0.5) is 0 Å². The van der Waals surface area contributed by atoms with Gasteiger partial charge in [-0.1, -0.05) is 30.3 Å². The van der Waals surface area contributed by atoms with E-state index in [1.807, 2.05) is 30.3 Å². The van der Waals surface area contributed by atoms with Crippen molar-refractivity contribution in [3.8, 4) is 0 Å². The first-order valence-corrected chi connectivity index (χ1v) is 10.1. The number of carbonyl (C=O) groups is 1. The van der Waals surface area contributed by atoms with Gasteiger partial charge < -0.3 is 9.64 Å². The van der Waals surface area contributed by atoms with E-state index in [0.717, 1.165) is 12.0 Å². The minimum absolute atomic E-state index is 0.00434. The molecule has 3 fully saturated rings. The Kier molecular flexibility index (Phi) is 4.10. The lowest BCUT2D eigenvalue weighted by Gasteiger charge is -2.42. The maximum atomic E-state index is 13.1. The van der Waals surface area contributed by atoms with Gasteiger partial charge in [0.15, 0.2) is 5.72 Å². The van der Waals surface area contributed by atoms with Gasteiger partial charge in [0.25, 0.3) is 10.2 Å². The quantitative estimate of drug-likeness (QED) is 0.791. The minimum Gasteiger partial charge on any atom is -0.354 e. The summed E-state index contributed by atoms with van der Waals surface area (Å²) in [5.41, 5.74) is 0.177. The summed E-state index contributed by atoms with van der Waals surface area (Å²) in [5, 5.41) is 0. The third-order valence-corrected chi connectivity index (χ3v) is 7.45. The summed E-state index contributed by atoms with van der Waals surface area (Å²) in [5.74, 6) is -0.00434. The molecule has 3 saturated heterocycles. The standard InChI is InChI=1S/C17H23N3O4S/c1-18(13-14-6-3-2-4-7-14)25(22,23)20-10-8-17-15(20)12-16(21)19(17)9-5-11-24-17/h2-4,6-7,15H,5,8-13H2,1H3/t15-,17+/m1/s1. The highest BCUT2D eigenvalue weighted by atomic mass is 32.2. The molecule has 25 heavy (non-hydrogen) atoms. The van der Waals surface area contributed by atoms with Gasteiger partial charge >= 0.3 is 0 Å². The summed E-state index contributed by atoms with van der Waals surface area (Å²) >= 11 is 0. The molecule has 0 unspecified atom stereocenters. The Balaban J connectivity index is 1.58. The monoisotopic (exact) mass is 365 g/mol. The third-order valence-electron chi connectivity index (χ3n) is 5.50. The lowest BCUT2D eigenvalue weighted by molar-refractivity contribution is -0.178. The molecule has 7 nitrogen and oxygen atoms in total. The highest BCUT2D eigenvalue weighted by Gasteiger charge is 2.63. The summed E-state index contributed by atoms with van der Waals surface area (Å²) < 4.78 is 35.1. The van der Waals surface area contributed by atoms with Gasteiger partial charge in [-0.15, -0.1) is 0 Å². The van der Waals surface area contributed by atoms with Crippen LogP contribution in [-0.4, -0.2) is 66.3 Å². The molecule has 1 amide bonds. The largest absolute Gasteiger partial charge is 0.354 e. The van der Waals surface area contributed by atoms with Crippen LogP contribution in [0.1, 0.15) is 24.8 Å². The van der Waals surface area contributed by atoms with Crippen LogP contribution in [-0.2, 0) is 26.3 Å². The zero-order chi connectivity index (χ0) is 17.7. The minimum atomic E-state index is -3.66. The van der Waals surface area contributed by atoms with Crippen molar-refractivity contribution in [1.29, 1.82) is 0 Å². The van der Waals surface area contributed by atoms with Crippen molar-refractivity contribution >= 4 is 16.1 Å². The van der Waals surface area contributed by atoms with E-state index >= 15 is 0 Å². The van der Waals surface area contributed by atoms with Gasteiger partial charge in [0.05, 0.1) is 12.6 Å². The maximum Gasteiger partial charge on any atom is 0.282 e. The normalized spacial score (nSPS) is 29.9. The van der Waals surface area contributed by atoms with E-state index in [1.54, 1.807) is 11.9 Å². The van der Waals surface area contributed by atoms with Crippen molar-refractivity contribution in [2.24, 2.45) is 0 Å². The Morgan fingerprint density at radius 2 is 2.04 bits per heavy atom. The molecule has 4 rings (SSSR count). The molecule has 0 bridgehead atoms. The van der Waals surface area contributed by atoms with E-state index in [0.29, 0.717) is 32.7 Å². The molecule has 1 aromatic carbocycles. The van der Waals surface area contributed by atoms with Crippen molar-refractivity contribution in [1.82, 2.24) is 13.5 Å². The molecule has 0 radical (unpaired) electrons. The fourth-order valence-corrected chi connectivity index (χ4v) is 5.84. The van der Waals surface area contributed by atoms with Crippen LogP contribution in [0.25, 0.3) is 0 Å². The van der Waals surface area contributed by atoms with Gasteiger partial charge in [0.1, 0.15) is 0 Å². The highest BCUT2D eigenvalue weighted by Crippen LogP contribution is 2.46. The van der Waals surface area contributed by atoms with Crippen molar-refractivity contribution < 1.29 is 17.9 Å². The molecular formula is C17H23N3O4S. The summed E-state index contributed by atoms with van der Waals surface area (Å²) in [6.07, 6.45) is 1.56. The average Bonchev–Trinajstić information content (AvgIpc) is 3.08. The van der Waals surface area contributed by atoms with Crippen LogP contribution >= 0.6 is 0 Å². The Morgan fingerprint density at radius 1 is 1.28 bits per heavy atom. The summed E-state index contributed by atoms with van der Waals surface area (Å²) in [4.78, 5) is 14.1. The number of ether oxygens (including phenoxy) is 1. The summed E-state index contributed by atoms with van der Waals surface area (Å²) in [6, 6.07) is 9.07. The van der Waals surface area contributed by atoms with Crippen LogP contribution in [0.2, 0.25) is 0 Å². The first-order chi connectivity index (χ1) is 11.9. The van der Waals surface area contributed by atoms with Crippen molar-refractivity contribution in [2.45, 2.75) is 37.6 Å². The van der Waals surface area contributed by atoms with Crippen molar-refractivity contribution in [2.75, 3.05) is 26.7 Å². The average molecular weight is 365 g/mol. The van der Waals surface area contributed by atoms with E-state index in [1.165, 1.54) is 8.61 Å². The van der Waals surface area contributed by atoms with E-state index < -0.39 is 22.0 Å². The zero-order valence-electron chi connectivity index (χ0n) is 14.3. The Bertz CT molecular complexity index is 769. The fraction of sp³-hybridized carbons (Fsp3) is 0.588. The summed E-state index contributed by atoms with van der Waals surface area (Å²) in [7, 11) is -2.08. The number of amides is 1. The smallest absolute Gasteiger partial charge is 0.282 e. The van der Waals surface area contributed by atoms with Crippen LogP contribution in [0, 0.1) is 0 Å². The molecule has 0 aliphatic carbocycles. The lowest BCUT2D eigenvalue weighted by Crippen LogP contribution is -2.57. The first-order valence-electron chi connectivity index (χ1n) is 8.66. The number of rotatable bonds is 4. The topological polar surface area (TPSA) is 70.2 Å². The number of hydrogen-bond donors (Lipinski definition) is 0. The molecule has 136 valence electrons. The molecular weight excluding hydrogens is 342 g/mol. The molecule has 0 aromatic heterocycles. The van der Waals surface area contributed by atoms with E-state index in [2.05, 4.69) is 0 Å². The number of benzene rings is 1. The zero-order valence-corrected chi connectivity index (χ0v) is 15.1. The Morgan fingerprint density at radius 3 is 2.80 bits per heavy atom. The van der Waals surface area contributed by atoms with Gasteiger partial charge in [-0.25, -0.2) is 0 Å². The third kappa shape index (κ3) is 2.59. The SMILES string of the molecule is CN(Cc1ccccc1)S(=O)(=O)N1CC[C@@]23OCCCN2C(=O)C[C@@H]13. The summed E-state index contributed by atoms with van der Waals surface area (Å²) in [6.45, 7) is 1.92. The first kappa shape index (κ1) is 17.0. The second-order valence-corrected chi connectivity index (χ2v) is 8.91. The molecule has 1 aromatic rings. The predicted molar refractivity (Wildman–Crippen MR) is 91.6 cm³/mol. The molecule has 3 heterocycles. The van der Waals surface area contributed by atoms with Gasteiger partial charge in [-0.3, -0.25) is 4.79 Å². The van der Waals surface area contributed by atoms with Crippen LogP contribution < -0.4 is 0 Å². The number of carbonyl (C=O) groups excluding carboxylic acids is 1. The van der Waals surface area contributed by atoms with Gasteiger partial charge in [0, 0.05) is 39.5 Å². The molecule has 1 spiro atoms. The van der Waals surface area contributed by atoms with Crippen LogP contribution in [0.15, 0.2) is 30.3 Å². The lowest BCUT2D eigenvalue weighted by atomic mass is 10.0. The second kappa shape index (κ2) is 6.05. The van der Waals surface area contributed by atoms with Crippen molar-refractivity contribution in [3.63, 3.8) is 0 Å². The number of nitrogens with zero attached hydrogens (tertiary/aromatic N) is 3. The van der Waals surface area contributed by atoms with E-state index in [-0.39, 0.29) is 12.3 Å². The predicted octanol–water partition coefficient (Wildman–Crippen LogP) is 0.786. The maximum absolute atomic E-state index is 13.1. The second-order valence-electron chi connectivity index (χ2n) is 6.92. The molecule has 8 heteroatoms. The Hall–Kier alpha value is -1.48. The number of hydrogen-bond acceptors (Lipinski definition) is 4. The fourth-order valence-electron chi connectivity index (χ4n) is 4.29. The molecule has 3 aliphatic heterocycles. The highest BCUT2D eigenvalue weighted by molar-refractivity contribution is 7.86. The van der Waals surface area contributed by atoms with Gasteiger partial charge in [0.2, 0.25) is 5.91 Å². The van der Waals surface area contributed by atoms with Gasteiger partial charge in [-0.05, 0) is 12.0 Å². The van der Waals surface area contributed by atoms with E-state index in [9.17, 15) is 13.2 Å². The van der Waals surface area contributed by atoms with E-state index in [4.69, 9.17) is 4.74 Å². The van der Waals surface area contributed by atoms with Crippen molar-refractivity contribution in [3.05, 3.63) is 35.9 Å². The molecule has 3 aliphatic rings. The van der Waals surface area contributed by atoms with Gasteiger partial charge in [-0.2, -0.15) is 17.0 Å². The molecule has 0 saturated carbocycles. The molecule has 0 N–H and O–H groups in total. The van der Waals surface area contributed by atoms with Crippen LogP contribution in [0.5, 0.6) is 0 Å².